The summed E-state index contributed by atoms with van der Waals surface area (Å²) in [6, 6.07) is 19.6. The van der Waals surface area contributed by atoms with Gasteiger partial charge in [0.05, 0.1) is 13.1 Å². The number of carboxylic acids is 1. The van der Waals surface area contributed by atoms with Gasteiger partial charge in [-0.05, 0) is 78.4 Å². The number of nitrogens with one attached hydrogen (secondary N) is 3. The predicted molar refractivity (Wildman–Crippen MR) is 155 cm³/mol. The Morgan fingerprint density at radius 2 is 1.58 bits per heavy atom. The smallest absolute Gasteiger partial charge is 0.479 e. The van der Waals surface area contributed by atoms with E-state index < -0.39 is 30.9 Å². The van der Waals surface area contributed by atoms with E-state index in [9.17, 15) is 27.9 Å². The second kappa shape index (κ2) is 14.1. The molecule has 1 aliphatic carbocycles. The lowest BCUT2D eigenvalue weighted by Gasteiger charge is -2.27. The first-order valence-electron chi connectivity index (χ1n) is 13.9. The molecule has 228 valence electrons. The van der Waals surface area contributed by atoms with Crippen LogP contribution in [0.1, 0.15) is 59.5 Å². The molecule has 1 amide bonds. The van der Waals surface area contributed by atoms with Crippen molar-refractivity contribution in [2.45, 2.75) is 57.0 Å². The molecule has 0 spiro atoms. The molecule has 9 nitrogen and oxygen atoms in total. The van der Waals surface area contributed by atoms with Crippen molar-refractivity contribution >= 4 is 29.2 Å². The number of nitrogens with zero attached hydrogens (tertiary/aromatic N) is 1. The Morgan fingerprint density at radius 1 is 0.953 bits per heavy atom. The molecular formula is C31H33F3N4O5. The van der Waals surface area contributed by atoms with Gasteiger partial charge in [-0.25, -0.2) is 4.79 Å². The minimum absolute atomic E-state index is 0.0283. The van der Waals surface area contributed by atoms with E-state index in [0.29, 0.717) is 11.6 Å². The summed E-state index contributed by atoms with van der Waals surface area (Å²) in [6.45, 7) is -0.212. The van der Waals surface area contributed by atoms with Crippen molar-refractivity contribution in [1.82, 2.24) is 5.32 Å². The summed E-state index contributed by atoms with van der Waals surface area (Å²) in [5.41, 5.74) is 3.36. The Hall–Kier alpha value is -4.58. The van der Waals surface area contributed by atoms with Crippen LogP contribution in [-0.2, 0) is 11.3 Å². The Bertz CT molecular complexity index is 1390. The second-order valence-corrected chi connectivity index (χ2v) is 10.3. The van der Waals surface area contributed by atoms with Gasteiger partial charge in [0.1, 0.15) is 5.75 Å². The lowest BCUT2D eigenvalue weighted by Crippen LogP contribution is -2.36. The second-order valence-electron chi connectivity index (χ2n) is 10.3. The zero-order chi connectivity index (χ0) is 31.0. The van der Waals surface area contributed by atoms with Gasteiger partial charge >= 0.3 is 12.3 Å². The molecule has 0 unspecified atom stereocenters. The number of benzene rings is 3. The molecule has 1 fully saturated rings. The van der Waals surface area contributed by atoms with Crippen molar-refractivity contribution in [3.63, 3.8) is 0 Å². The van der Waals surface area contributed by atoms with E-state index in [1.807, 2.05) is 12.1 Å². The summed E-state index contributed by atoms with van der Waals surface area (Å²) < 4.78 is 41.5. The number of hydrogen-bond acceptors (Lipinski definition) is 5. The van der Waals surface area contributed by atoms with Gasteiger partial charge in [-0.2, -0.15) is 0 Å². The molecule has 43 heavy (non-hydrogen) atoms. The molecule has 0 saturated heterocycles. The normalized spacial score (nSPS) is 14.4. The largest absolute Gasteiger partial charge is 0.573 e. The molecule has 1 saturated carbocycles. The van der Waals surface area contributed by atoms with Crippen LogP contribution in [0.15, 0.2) is 72.8 Å². The molecule has 3 aromatic rings. The fourth-order valence-electron chi connectivity index (χ4n) is 4.93. The molecule has 3 aromatic carbocycles. The van der Waals surface area contributed by atoms with Gasteiger partial charge in [0.2, 0.25) is 0 Å². The highest BCUT2D eigenvalue weighted by Gasteiger charge is 2.31. The predicted octanol–water partition coefficient (Wildman–Crippen LogP) is 5.86. The van der Waals surface area contributed by atoms with Crippen LogP contribution in [0.4, 0.5) is 24.5 Å². The zero-order valence-corrected chi connectivity index (χ0v) is 23.2. The van der Waals surface area contributed by atoms with Crippen LogP contribution in [0.2, 0.25) is 0 Å². The molecule has 0 radical (unpaired) electrons. The quantitative estimate of drug-likeness (QED) is 0.146. The Balaban J connectivity index is 1.50. The number of aliphatic hydroxyl groups is 1. The summed E-state index contributed by atoms with van der Waals surface area (Å²) >= 11 is 0. The monoisotopic (exact) mass is 598 g/mol. The molecule has 0 aromatic heterocycles. The number of ether oxygens (including phenoxy) is 1. The maximum absolute atomic E-state index is 12.5. The summed E-state index contributed by atoms with van der Waals surface area (Å²) in [5, 5.41) is 32.3. The average molecular weight is 599 g/mol. The number of anilines is 2. The summed E-state index contributed by atoms with van der Waals surface area (Å²) in [7, 11) is 0. The Morgan fingerprint density at radius 3 is 2.16 bits per heavy atom. The van der Waals surface area contributed by atoms with Crippen molar-refractivity contribution < 1.29 is 37.7 Å². The fourth-order valence-corrected chi connectivity index (χ4v) is 4.93. The summed E-state index contributed by atoms with van der Waals surface area (Å²) in [4.78, 5) is 24.8. The van der Waals surface area contributed by atoms with Crippen LogP contribution in [0.25, 0.3) is 0 Å². The molecule has 1 aliphatic rings. The number of guanidine groups is 1. The van der Waals surface area contributed by atoms with Crippen LogP contribution in [-0.4, -0.2) is 47.1 Å². The van der Waals surface area contributed by atoms with E-state index in [1.54, 1.807) is 29.2 Å². The molecule has 1 atom stereocenters. The highest BCUT2D eigenvalue weighted by Crippen LogP contribution is 2.34. The number of amides is 1. The molecule has 0 heterocycles. The van der Waals surface area contributed by atoms with Crippen LogP contribution < -0.4 is 20.3 Å². The van der Waals surface area contributed by atoms with Gasteiger partial charge < -0.3 is 30.5 Å². The first-order chi connectivity index (χ1) is 20.5. The van der Waals surface area contributed by atoms with Crippen molar-refractivity contribution in [1.29, 1.82) is 5.41 Å². The minimum atomic E-state index is -4.81. The third-order valence-corrected chi connectivity index (χ3v) is 7.20. The Kier molecular flexibility index (Phi) is 10.3. The number of carboxylic acid groups (broad SMARTS) is 1. The number of rotatable bonds is 10. The maximum atomic E-state index is 12.5. The van der Waals surface area contributed by atoms with Crippen molar-refractivity contribution in [3.8, 4) is 5.75 Å². The zero-order valence-electron chi connectivity index (χ0n) is 23.2. The minimum Gasteiger partial charge on any atom is -0.479 e. The molecular weight excluding hydrogens is 565 g/mol. The SMILES string of the molecule is N=C(Nc1ccc(OC(F)(F)F)cc1)N(Cc1ccc(C(=O)NC[C@@H](O)C(=O)O)cc1)c1ccc(C2CCCCC2)cc1. The number of aliphatic hydroxyl groups excluding tert-OH is 1. The van der Waals surface area contributed by atoms with Gasteiger partial charge in [0.15, 0.2) is 12.1 Å². The first-order valence-corrected chi connectivity index (χ1v) is 13.9. The van der Waals surface area contributed by atoms with Crippen LogP contribution in [0.5, 0.6) is 5.75 Å². The number of aliphatic carboxylic acids is 1. The number of carbonyl (C=O) groups excluding carboxylic acids is 1. The average Bonchev–Trinajstić information content (AvgIpc) is 2.99. The Labute approximate surface area is 246 Å². The van der Waals surface area contributed by atoms with Crippen LogP contribution >= 0.6 is 0 Å². The van der Waals surface area contributed by atoms with E-state index in [-0.39, 0.29) is 23.8 Å². The summed E-state index contributed by atoms with van der Waals surface area (Å²) in [6.07, 6.45) is -0.583. The standard InChI is InChI=1S/C31H33F3N4O5/c32-31(33,34)43-26-16-12-24(13-17-26)37-30(35)38(25-14-10-22(11-15-25)21-4-2-1-3-5-21)19-20-6-8-23(9-7-20)28(40)36-18-27(39)29(41)42/h6-17,21,27,39H,1-5,18-19H2,(H2,35,37)(H,36,40)(H,41,42)/t27-/m1/s1. The van der Waals surface area contributed by atoms with Crippen LogP contribution in [0, 0.1) is 5.41 Å². The van der Waals surface area contributed by atoms with Gasteiger partial charge in [-0.1, -0.05) is 43.5 Å². The lowest BCUT2D eigenvalue weighted by atomic mass is 9.84. The number of hydrogen-bond donors (Lipinski definition) is 5. The van der Waals surface area contributed by atoms with Gasteiger partial charge in [-0.3, -0.25) is 10.2 Å². The van der Waals surface area contributed by atoms with Crippen molar-refractivity contribution in [2.75, 3.05) is 16.8 Å². The fraction of sp³-hybridized carbons (Fsp3) is 0.323. The molecule has 12 heteroatoms. The maximum Gasteiger partial charge on any atom is 0.573 e. The topological polar surface area (TPSA) is 135 Å². The van der Waals surface area contributed by atoms with Crippen molar-refractivity contribution in [2.24, 2.45) is 0 Å². The molecule has 0 bridgehead atoms. The van der Waals surface area contributed by atoms with Gasteiger partial charge in [0, 0.05) is 16.9 Å². The number of halogens is 3. The molecule has 0 aliphatic heterocycles. The number of carbonyl (C=O) groups is 2. The molecule has 5 N–H and O–H groups in total. The van der Waals surface area contributed by atoms with E-state index >= 15 is 0 Å². The van der Waals surface area contributed by atoms with E-state index in [0.717, 1.165) is 36.2 Å². The van der Waals surface area contributed by atoms with E-state index in [4.69, 9.17) is 10.5 Å². The highest BCUT2D eigenvalue weighted by atomic mass is 19.4. The van der Waals surface area contributed by atoms with E-state index in [1.165, 1.54) is 37.0 Å². The van der Waals surface area contributed by atoms with Crippen molar-refractivity contribution in [3.05, 3.63) is 89.5 Å². The lowest BCUT2D eigenvalue weighted by molar-refractivity contribution is -0.274. The van der Waals surface area contributed by atoms with Crippen LogP contribution in [0.3, 0.4) is 0 Å². The third kappa shape index (κ3) is 9.20. The van der Waals surface area contributed by atoms with E-state index in [2.05, 4.69) is 27.5 Å². The molecule has 4 rings (SSSR count). The third-order valence-electron chi connectivity index (χ3n) is 7.20. The van der Waals surface area contributed by atoms with Gasteiger partial charge in [0.25, 0.3) is 5.91 Å². The highest BCUT2D eigenvalue weighted by molar-refractivity contribution is 6.03. The number of alkyl halides is 3. The van der Waals surface area contributed by atoms with Gasteiger partial charge in [-0.15, -0.1) is 13.2 Å². The summed E-state index contributed by atoms with van der Waals surface area (Å²) in [5.74, 6) is -1.89. The first kappa shape index (κ1) is 31.4.